The van der Waals surface area contributed by atoms with Crippen molar-refractivity contribution in [1.82, 2.24) is 4.98 Å². The SMILES string of the molecule is NC(=O)c1[nH]c(=O)sc1-c1ccccc1F. The molecule has 1 amide bonds. The quantitative estimate of drug-likeness (QED) is 0.828. The molecule has 3 N–H and O–H groups in total. The van der Waals surface area contributed by atoms with E-state index in [0.717, 1.165) is 11.3 Å². The largest absolute Gasteiger partial charge is 0.364 e. The fourth-order valence-electron chi connectivity index (χ4n) is 1.34. The van der Waals surface area contributed by atoms with Crippen LogP contribution in [0.15, 0.2) is 29.1 Å². The number of benzene rings is 1. The molecule has 1 heterocycles. The predicted molar refractivity (Wildman–Crippen MR) is 58.9 cm³/mol. The summed E-state index contributed by atoms with van der Waals surface area (Å²) in [5.74, 6) is -1.28. The molecule has 0 aliphatic rings. The highest BCUT2D eigenvalue weighted by molar-refractivity contribution is 7.13. The molecule has 0 aliphatic carbocycles. The van der Waals surface area contributed by atoms with Crippen LogP contribution in [0, 0.1) is 5.82 Å². The number of aromatic amines is 1. The highest BCUT2D eigenvalue weighted by atomic mass is 32.1. The molecule has 2 aromatic rings. The van der Waals surface area contributed by atoms with Crippen LogP contribution in [-0.4, -0.2) is 10.9 Å². The number of H-pyrrole nitrogens is 1. The molecule has 4 nitrogen and oxygen atoms in total. The van der Waals surface area contributed by atoms with Gasteiger partial charge in [0.15, 0.2) is 0 Å². The number of thiazole rings is 1. The van der Waals surface area contributed by atoms with Crippen LogP contribution in [0.3, 0.4) is 0 Å². The van der Waals surface area contributed by atoms with Crippen molar-refractivity contribution in [3.63, 3.8) is 0 Å². The van der Waals surface area contributed by atoms with E-state index in [-0.39, 0.29) is 16.1 Å². The highest BCUT2D eigenvalue weighted by Gasteiger charge is 2.17. The van der Waals surface area contributed by atoms with Crippen LogP contribution in [0.4, 0.5) is 4.39 Å². The molecule has 0 spiro atoms. The lowest BCUT2D eigenvalue weighted by Crippen LogP contribution is -2.14. The monoisotopic (exact) mass is 238 g/mol. The van der Waals surface area contributed by atoms with Gasteiger partial charge in [-0.1, -0.05) is 29.5 Å². The Morgan fingerprint density at radius 2 is 2.06 bits per heavy atom. The zero-order valence-electron chi connectivity index (χ0n) is 7.99. The van der Waals surface area contributed by atoms with Crippen molar-refractivity contribution < 1.29 is 9.18 Å². The first-order chi connectivity index (χ1) is 7.59. The van der Waals surface area contributed by atoms with Gasteiger partial charge >= 0.3 is 4.87 Å². The maximum absolute atomic E-state index is 13.5. The number of hydrogen-bond acceptors (Lipinski definition) is 3. The minimum Gasteiger partial charge on any atom is -0.364 e. The van der Waals surface area contributed by atoms with Crippen molar-refractivity contribution in [3.05, 3.63) is 45.4 Å². The van der Waals surface area contributed by atoms with Crippen LogP contribution in [0.5, 0.6) is 0 Å². The molecule has 0 fully saturated rings. The Balaban J connectivity index is 2.69. The maximum Gasteiger partial charge on any atom is 0.305 e. The van der Waals surface area contributed by atoms with Crippen molar-refractivity contribution in [1.29, 1.82) is 0 Å². The lowest BCUT2D eigenvalue weighted by Gasteiger charge is -2.00. The fourth-order valence-corrected chi connectivity index (χ4v) is 2.20. The number of primary amides is 1. The number of hydrogen-bond donors (Lipinski definition) is 2. The molecule has 1 aromatic heterocycles. The van der Waals surface area contributed by atoms with Gasteiger partial charge in [0, 0.05) is 5.56 Å². The minimum absolute atomic E-state index is 0.0555. The van der Waals surface area contributed by atoms with Crippen molar-refractivity contribution in [2.45, 2.75) is 0 Å². The first-order valence-electron chi connectivity index (χ1n) is 4.37. The van der Waals surface area contributed by atoms with Crippen LogP contribution in [-0.2, 0) is 0 Å². The molecule has 0 saturated heterocycles. The molecular weight excluding hydrogens is 231 g/mol. The van der Waals surface area contributed by atoms with Crippen molar-refractivity contribution in [2.24, 2.45) is 5.73 Å². The lowest BCUT2D eigenvalue weighted by atomic mass is 10.1. The van der Waals surface area contributed by atoms with Crippen molar-refractivity contribution in [3.8, 4) is 10.4 Å². The van der Waals surface area contributed by atoms with E-state index in [4.69, 9.17) is 5.73 Å². The number of amides is 1. The summed E-state index contributed by atoms with van der Waals surface area (Å²) in [7, 11) is 0. The summed E-state index contributed by atoms with van der Waals surface area (Å²) < 4.78 is 13.5. The summed E-state index contributed by atoms with van der Waals surface area (Å²) in [5.41, 5.74) is 5.23. The molecule has 6 heteroatoms. The van der Waals surface area contributed by atoms with E-state index in [0.29, 0.717) is 0 Å². The lowest BCUT2D eigenvalue weighted by molar-refractivity contribution is 0.0996. The first kappa shape index (κ1) is 10.6. The van der Waals surface area contributed by atoms with Crippen LogP contribution in [0.2, 0.25) is 0 Å². The van der Waals surface area contributed by atoms with E-state index < -0.39 is 16.6 Å². The minimum atomic E-state index is -0.781. The maximum atomic E-state index is 13.5. The molecule has 1 aromatic carbocycles. The zero-order chi connectivity index (χ0) is 11.7. The number of carbonyl (C=O) groups excluding carboxylic acids is 1. The van der Waals surface area contributed by atoms with Gasteiger partial charge in [-0.25, -0.2) is 4.39 Å². The number of aromatic nitrogens is 1. The van der Waals surface area contributed by atoms with Gasteiger partial charge in [0.2, 0.25) is 0 Å². The van der Waals surface area contributed by atoms with E-state index >= 15 is 0 Å². The third kappa shape index (κ3) is 1.74. The molecule has 0 saturated carbocycles. The standard InChI is InChI=1S/C10H7FN2O2S/c11-6-4-2-1-3-5(6)8-7(9(12)14)13-10(15)16-8/h1-4H,(H2,12,14)(H,13,15). The molecule has 0 bridgehead atoms. The Bertz CT molecular complexity index is 603. The second kappa shape index (κ2) is 3.90. The predicted octanol–water partition coefficient (Wildman–Crippen LogP) is 1.34. The van der Waals surface area contributed by atoms with E-state index in [2.05, 4.69) is 4.98 Å². The first-order valence-corrected chi connectivity index (χ1v) is 5.19. The molecule has 0 atom stereocenters. The summed E-state index contributed by atoms with van der Waals surface area (Å²) in [6.07, 6.45) is 0. The van der Waals surface area contributed by atoms with E-state index in [1.54, 1.807) is 6.07 Å². The zero-order valence-corrected chi connectivity index (χ0v) is 8.81. The molecular formula is C10H7FN2O2S. The fraction of sp³-hybridized carbons (Fsp3) is 0. The van der Waals surface area contributed by atoms with Crippen LogP contribution < -0.4 is 10.6 Å². The van der Waals surface area contributed by atoms with E-state index in [1.807, 2.05) is 0 Å². The number of carbonyl (C=O) groups is 1. The number of halogens is 1. The average molecular weight is 238 g/mol. The molecule has 0 unspecified atom stereocenters. The average Bonchev–Trinajstić information content (AvgIpc) is 2.61. The van der Waals surface area contributed by atoms with Crippen LogP contribution in [0.25, 0.3) is 10.4 Å². The van der Waals surface area contributed by atoms with Gasteiger partial charge in [-0.05, 0) is 6.07 Å². The Morgan fingerprint density at radius 1 is 1.38 bits per heavy atom. The smallest absolute Gasteiger partial charge is 0.305 e. The van der Waals surface area contributed by atoms with E-state index in [9.17, 15) is 14.0 Å². The molecule has 16 heavy (non-hydrogen) atoms. The third-order valence-corrected chi connectivity index (χ3v) is 2.93. The van der Waals surface area contributed by atoms with Gasteiger partial charge in [0.25, 0.3) is 5.91 Å². The second-order valence-corrected chi connectivity index (χ2v) is 4.05. The van der Waals surface area contributed by atoms with Crippen LogP contribution >= 0.6 is 11.3 Å². The number of rotatable bonds is 2. The molecule has 82 valence electrons. The normalized spacial score (nSPS) is 10.3. The van der Waals surface area contributed by atoms with Gasteiger partial charge in [-0.15, -0.1) is 0 Å². The van der Waals surface area contributed by atoms with Crippen molar-refractivity contribution in [2.75, 3.05) is 0 Å². The van der Waals surface area contributed by atoms with E-state index in [1.165, 1.54) is 18.2 Å². The Morgan fingerprint density at radius 3 is 2.69 bits per heavy atom. The van der Waals surface area contributed by atoms with Gasteiger partial charge in [-0.3, -0.25) is 9.59 Å². The number of nitrogens with two attached hydrogens (primary N) is 1. The Kier molecular flexibility index (Phi) is 2.57. The second-order valence-electron chi connectivity index (χ2n) is 3.06. The molecule has 2 rings (SSSR count). The Labute approximate surface area is 93.5 Å². The van der Waals surface area contributed by atoms with Gasteiger partial charge < -0.3 is 10.7 Å². The van der Waals surface area contributed by atoms with Crippen molar-refractivity contribution >= 4 is 17.2 Å². The Hall–Kier alpha value is -1.95. The molecule has 0 aliphatic heterocycles. The van der Waals surface area contributed by atoms with Crippen LogP contribution in [0.1, 0.15) is 10.5 Å². The summed E-state index contributed by atoms with van der Waals surface area (Å²) in [5, 5.41) is 0. The van der Waals surface area contributed by atoms with Gasteiger partial charge in [0.05, 0.1) is 4.88 Å². The number of nitrogens with one attached hydrogen (secondary N) is 1. The topological polar surface area (TPSA) is 76.0 Å². The van der Waals surface area contributed by atoms with Gasteiger partial charge in [-0.2, -0.15) is 0 Å². The summed E-state index contributed by atoms with van der Waals surface area (Å²) >= 11 is 0.758. The molecule has 0 radical (unpaired) electrons. The highest BCUT2D eigenvalue weighted by Crippen LogP contribution is 2.27. The summed E-state index contributed by atoms with van der Waals surface area (Å²) in [6.45, 7) is 0. The third-order valence-electron chi connectivity index (χ3n) is 2.01. The summed E-state index contributed by atoms with van der Waals surface area (Å²) in [6, 6.07) is 5.89. The summed E-state index contributed by atoms with van der Waals surface area (Å²) in [4.78, 5) is 24.3. The van der Waals surface area contributed by atoms with Gasteiger partial charge in [0.1, 0.15) is 11.5 Å².